The van der Waals surface area contributed by atoms with Crippen molar-refractivity contribution in [1.82, 2.24) is 0 Å². The highest BCUT2D eigenvalue weighted by Crippen LogP contribution is 2.31. The van der Waals surface area contributed by atoms with Gasteiger partial charge in [-0.1, -0.05) is 19.9 Å². The number of methoxy groups -OCH3 is 1. The molecule has 1 unspecified atom stereocenters. The molecular weight excluding hydrogens is 261 g/mol. The molecule has 0 radical (unpaired) electrons. The molecular formula is C15H22FNO3. The van der Waals surface area contributed by atoms with Gasteiger partial charge in [-0.2, -0.15) is 0 Å². The zero-order valence-corrected chi connectivity index (χ0v) is 12.1. The lowest BCUT2D eigenvalue weighted by Crippen LogP contribution is -2.41. The van der Waals surface area contributed by atoms with Crippen LogP contribution in [0.1, 0.15) is 25.8 Å². The number of hydrogen-bond donors (Lipinski definition) is 2. The van der Waals surface area contributed by atoms with Gasteiger partial charge in [-0.25, -0.2) is 4.39 Å². The third-order valence-electron chi connectivity index (χ3n) is 3.40. The second kappa shape index (κ2) is 6.70. The SMILES string of the molecule is COc1ccc(CC(CN)(CC(C)C)C(=O)O)cc1F. The van der Waals surface area contributed by atoms with Gasteiger partial charge in [-0.3, -0.25) is 4.79 Å². The highest BCUT2D eigenvalue weighted by atomic mass is 19.1. The Kier molecular flexibility index (Phi) is 5.51. The van der Waals surface area contributed by atoms with Crippen molar-refractivity contribution in [1.29, 1.82) is 0 Å². The van der Waals surface area contributed by atoms with Gasteiger partial charge in [0.25, 0.3) is 0 Å². The van der Waals surface area contributed by atoms with E-state index in [0.29, 0.717) is 12.0 Å². The Bertz CT molecular complexity index is 476. The molecule has 0 saturated heterocycles. The number of ether oxygens (including phenoxy) is 1. The van der Waals surface area contributed by atoms with Crippen LogP contribution in [0.2, 0.25) is 0 Å². The van der Waals surface area contributed by atoms with E-state index in [2.05, 4.69) is 0 Å². The van der Waals surface area contributed by atoms with Crippen LogP contribution >= 0.6 is 0 Å². The minimum Gasteiger partial charge on any atom is -0.494 e. The summed E-state index contributed by atoms with van der Waals surface area (Å²) in [4.78, 5) is 11.6. The molecule has 0 spiro atoms. The Morgan fingerprint density at radius 1 is 1.50 bits per heavy atom. The van der Waals surface area contributed by atoms with E-state index in [1.54, 1.807) is 6.07 Å². The lowest BCUT2D eigenvalue weighted by atomic mass is 9.75. The molecule has 112 valence electrons. The summed E-state index contributed by atoms with van der Waals surface area (Å²) in [5.74, 6) is -1.10. The van der Waals surface area contributed by atoms with Crippen molar-refractivity contribution in [3.63, 3.8) is 0 Å². The maximum Gasteiger partial charge on any atom is 0.311 e. The van der Waals surface area contributed by atoms with Crippen molar-refractivity contribution in [2.24, 2.45) is 17.1 Å². The van der Waals surface area contributed by atoms with E-state index in [1.165, 1.54) is 19.2 Å². The van der Waals surface area contributed by atoms with E-state index in [4.69, 9.17) is 10.5 Å². The van der Waals surface area contributed by atoms with Gasteiger partial charge >= 0.3 is 5.97 Å². The normalized spacial score (nSPS) is 14.1. The summed E-state index contributed by atoms with van der Waals surface area (Å²) in [6, 6.07) is 4.49. The molecule has 1 atom stereocenters. The summed E-state index contributed by atoms with van der Waals surface area (Å²) in [5, 5.41) is 9.51. The Balaban J connectivity index is 3.06. The van der Waals surface area contributed by atoms with Crippen LogP contribution in [-0.4, -0.2) is 24.7 Å². The van der Waals surface area contributed by atoms with Crippen LogP contribution in [0.5, 0.6) is 5.75 Å². The van der Waals surface area contributed by atoms with Gasteiger partial charge in [0, 0.05) is 6.54 Å². The number of aliphatic carboxylic acids is 1. The molecule has 0 saturated carbocycles. The molecule has 0 aliphatic heterocycles. The molecule has 0 bridgehead atoms. The Morgan fingerprint density at radius 3 is 2.55 bits per heavy atom. The van der Waals surface area contributed by atoms with Gasteiger partial charge in [0.05, 0.1) is 12.5 Å². The van der Waals surface area contributed by atoms with Crippen LogP contribution in [0, 0.1) is 17.2 Å². The number of benzene rings is 1. The van der Waals surface area contributed by atoms with Crippen LogP contribution in [0.4, 0.5) is 4.39 Å². The molecule has 0 heterocycles. The molecule has 0 aliphatic carbocycles. The quantitative estimate of drug-likeness (QED) is 0.806. The van der Waals surface area contributed by atoms with Crippen molar-refractivity contribution in [3.8, 4) is 5.75 Å². The lowest BCUT2D eigenvalue weighted by Gasteiger charge is -2.30. The largest absolute Gasteiger partial charge is 0.494 e. The molecule has 1 aromatic carbocycles. The van der Waals surface area contributed by atoms with E-state index < -0.39 is 17.2 Å². The smallest absolute Gasteiger partial charge is 0.311 e. The van der Waals surface area contributed by atoms with E-state index >= 15 is 0 Å². The summed E-state index contributed by atoms with van der Waals surface area (Å²) in [6.45, 7) is 3.91. The van der Waals surface area contributed by atoms with Crippen LogP contribution < -0.4 is 10.5 Å². The van der Waals surface area contributed by atoms with Crippen molar-refractivity contribution >= 4 is 5.97 Å². The first-order valence-corrected chi connectivity index (χ1v) is 6.60. The molecule has 0 aromatic heterocycles. The number of halogens is 1. The minimum atomic E-state index is -1.06. The molecule has 1 rings (SSSR count). The highest BCUT2D eigenvalue weighted by molar-refractivity contribution is 5.75. The predicted octanol–water partition coefficient (Wildman–Crippen LogP) is 2.45. The molecule has 3 N–H and O–H groups in total. The first kappa shape index (κ1) is 16.4. The topological polar surface area (TPSA) is 72.5 Å². The van der Waals surface area contributed by atoms with Crippen LogP contribution in [0.3, 0.4) is 0 Å². The molecule has 5 heteroatoms. The number of carbonyl (C=O) groups is 1. The first-order valence-electron chi connectivity index (χ1n) is 6.60. The number of carboxylic acid groups (broad SMARTS) is 1. The average Bonchev–Trinajstić information content (AvgIpc) is 2.37. The fourth-order valence-electron chi connectivity index (χ4n) is 2.47. The van der Waals surface area contributed by atoms with Gasteiger partial charge < -0.3 is 15.6 Å². The van der Waals surface area contributed by atoms with Crippen molar-refractivity contribution < 1.29 is 19.0 Å². The number of carboxylic acids is 1. The number of nitrogens with two attached hydrogens (primary N) is 1. The van der Waals surface area contributed by atoms with E-state index in [-0.39, 0.29) is 24.6 Å². The highest BCUT2D eigenvalue weighted by Gasteiger charge is 2.38. The standard InChI is InChI=1S/C15H22FNO3/c1-10(2)7-15(9-17,14(18)19)8-11-4-5-13(20-3)12(16)6-11/h4-6,10H,7-9,17H2,1-3H3,(H,18,19). The summed E-state index contributed by atoms with van der Waals surface area (Å²) in [7, 11) is 1.39. The minimum absolute atomic E-state index is 0.0220. The molecule has 0 fully saturated rings. The van der Waals surface area contributed by atoms with Crippen molar-refractivity contribution in [3.05, 3.63) is 29.6 Å². The van der Waals surface area contributed by atoms with E-state index in [1.807, 2.05) is 13.8 Å². The summed E-state index contributed by atoms with van der Waals surface area (Å²) < 4.78 is 18.5. The lowest BCUT2D eigenvalue weighted by molar-refractivity contribution is -0.149. The van der Waals surface area contributed by atoms with Gasteiger partial charge in [0.15, 0.2) is 11.6 Å². The first-order chi connectivity index (χ1) is 9.34. The van der Waals surface area contributed by atoms with Gasteiger partial charge in [-0.15, -0.1) is 0 Å². The Morgan fingerprint density at radius 2 is 2.15 bits per heavy atom. The van der Waals surface area contributed by atoms with Crippen LogP contribution in [0.15, 0.2) is 18.2 Å². The van der Waals surface area contributed by atoms with Crippen LogP contribution in [-0.2, 0) is 11.2 Å². The fourth-order valence-corrected chi connectivity index (χ4v) is 2.47. The molecule has 20 heavy (non-hydrogen) atoms. The third-order valence-corrected chi connectivity index (χ3v) is 3.40. The fraction of sp³-hybridized carbons (Fsp3) is 0.533. The van der Waals surface area contributed by atoms with Crippen molar-refractivity contribution in [2.45, 2.75) is 26.7 Å². The zero-order chi connectivity index (χ0) is 15.3. The van der Waals surface area contributed by atoms with E-state index in [9.17, 15) is 14.3 Å². The third kappa shape index (κ3) is 3.70. The second-order valence-electron chi connectivity index (χ2n) is 5.53. The number of hydrogen-bond acceptors (Lipinski definition) is 3. The monoisotopic (exact) mass is 283 g/mol. The molecule has 0 aliphatic rings. The average molecular weight is 283 g/mol. The van der Waals surface area contributed by atoms with Crippen LogP contribution in [0.25, 0.3) is 0 Å². The summed E-state index contributed by atoms with van der Waals surface area (Å²) in [5.41, 5.74) is 5.25. The maximum atomic E-state index is 13.7. The Hall–Kier alpha value is -1.62. The van der Waals surface area contributed by atoms with Gasteiger partial charge in [-0.05, 0) is 36.5 Å². The molecule has 0 amide bonds. The molecule has 4 nitrogen and oxygen atoms in total. The molecule has 1 aromatic rings. The second-order valence-corrected chi connectivity index (χ2v) is 5.53. The summed E-state index contributed by atoms with van der Waals surface area (Å²) >= 11 is 0. The Labute approximate surface area is 118 Å². The predicted molar refractivity (Wildman–Crippen MR) is 75.2 cm³/mol. The van der Waals surface area contributed by atoms with Gasteiger partial charge in [0.1, 0.15) is 0 Å². The van der Waals surface area contributed by atoms with Gasteiger partial charge in [0.2, 0.25) is 0 Å². The van der Waals surface area contributed by atoms with Crippen molar-refractivity contribution in [2.75, 3.05) is 13.7 Å². The zero-order valence-electron chi connectivity index (χ0n) is 12.1. The van der Waals surface area contributed by atoms with E-state index in [0.717, 1.165) is 0 Å². The summed E-state index contributed by atoms with van der Waals surface area (Å²) in [6.07, 6.45) is 0.657. The number of rotatable bonds is 7. The maximum absolute atomic E-state index is 13.7.